The lowest BCUT2D eigenvalue weighted by atomic mass is 10.2. The van der Waals surface area contributed by atoms with Crippen LogP contribution in [0.25, 0.3) is 0 Å². The summed E-state index contributed by atoms with van der Waals surface area (Å²) in [7, 11) is 0. The molecule has 1 amide bonds. The summed E-state index contributed by atoms with van der Waals surface area (Å²) in [6.07, 6.45) is 0. The molecule has 0 saturated carbocycles. The van der Waals surface area contributed by atoms with Gasteiger partial charge in [0.25, 0.3) is 5.91 Å². The Balaban J connectivity index is 2.04. The van der Waals surface area contributed by atoms with Crippen molar-refractivity contribution in [2.75, 3.05) is 6.61 Å². The molecule has 2 aromatic carbocycles. The summed E-state index contributed by atoms with van der Waals surface area (Å²) in [5.41, 5.74) is 1.25. The second-order valence-corrected chi connectivity index (χ2v) is 5.75. The van der Waals surface area contributed by atoms with Crippen LogP contribution >= 0.6 is 34.8 Å². The largest absolute Gasteiger partial charge is 0.492 e. The summed E-state index contributed by atoms with van der Waals surface area (Å²) in [6.45, 7) is 2.69. The van der Waals surface area contributed by atoms with Crippen molar-refractivity contribution in [2.45, 2.75) is 13.5 Å². The maximum Gasteiger partial charge on any atom is 0.251 e. The predicted octanol–water partition coefficient (Wildman–Crippen LogP) is 4.98. The molecule has 0 aromatic heterocycles. The fraction of sp³-hybridized carbons (Fsp3) is 0.188. The van der Waals surface area contributed by atoms with Crippen LogP contribution in [0.4, 0.5) is 0 Å². The summed E-state index contributed by atoms with van der Waals surface area (Å²) in [4.78, 5) is 12.1. The smallest absolute Gasteiger partial charge is 0.251 e. The van der Waals surface area contributed by atoms with Crippen molar-refractivity contribution in [1.82, 2.24) is 5.32 Å². The van der Waals surface area contributed by atoms with Crippen molar-refractivity contribution in [1.29, 1.82) is 0 Å². The van der Waals surface area contributed by atoms with Gasteiger partial charge in [-0.2, -0.15) is 0 Å². The molecule has 0 unspecified atom stereocenters. The van der Waals surface area contributed by atoms with Crippen LogP contribution in [0, 0.1) is 0 Å². The van der Waals surface area contributed by atoms with Crippen LogP contribution in [0.5, 0.6) is 5.75 Å². The molecule has 0 heterocycles. The molecule has 0 aliphatic rings. The van der Waals surface area contributed by atoms with Crippen LogP contribution in [0.1, 0.15) is 22.8 Å². The first-order chi connectivity index (χ1) is 10.5. The van der Waals surface area contributed by atoms with E-state index in [0.717, 1.165) is 5.56 Å². The third kappa shape index (κ3) is 4.29. The highest BCUT2D eigenvalue weighted by atomic mass is 35.5. The molecule has 1 N–H and O–H groups in total. The van der Waals surface area contributed by atoms with Crippen molar-refractivity contribution < 1.29 is 9.53 Å². The van der Waals surface area contributed by atoms with Crippen LogP contribution in [0.15, 0.2) is 36.4 Å². The molecular weight excluding hydrogens is 345 g/mol. The number of carbonyl (C=O) groups excluding carboxylic acids is 1. The molecule has 0 radical (unpaired) electrons. The molecule has 3 nitrogen and oxygen atoms in total. The SMILES string of the molecule is CCOc1ccc(C(=O)NCc2ccc(Cl)cc2Cl)cc1Cl. The van der Waals surface area contributed by atoms with Gasteiger partial charge in [0.1, 0.15) is 5.75 Å². The minimum absolute atomic E-state index is 0.240. The maximum absolute atomic E-state index is 12.1. The van der Waals surface area contributed by atoms with Gasteiger partial charge in [0.05, 0.1) is 11.6 Å². The normalized spacial score (nSPS) is 10.4. The lowest BCUT2D eigenvalue weighted by Gasteiger charge is -2.09. The molecule has 0 spiro atoms. The molecule has 0 fully saturated rings. The first kappa shape index (κ1) is 16.9. The van der Waals surface area contributed by atoms with Gasteiger partial charge >= 0.3 is 0 Å². The van der Waals surface area contributed by atoms with E-state index >= 15 is 0 Å². The van der Waals surface area contributed by atoms with E-state index in [1.165, 1.54) is 0 Å². The molecule has 0 saturated heterocycles. The van der Waals surface area contributed by atoms with E-state index in [4.69, 9.17) is 39.5 Å². The summed E-state index contributed by atoms with van der Waals surface area (Å²) in [6, 6.07) is 10.0. The van der Waals surface area contributed by atoms with Crippen molar-refractivity contribution in [2.24, 2.45) is 0 Å². The van der Waals surface area contributed by atoms with Gasteiger partial charge in [-0.15, -0.1) is 0 Å². The number of ether oxygens (including phenoxy) is 1. The third-order valence-electron chi connectivity index (χ3n) is 2.95. The van der Waals surface area contributed by atoms with E-state index in [2.05, 4.69) is 5.32 Å². The number of rotatable bonds is 5. The fourth-order valence-corrected chi connectivity index (χ4v) is 2.57. The van der Waals surface area contributed by atoms with E-state index in [1.807, 2.05) is 6.92 Å². The van der Waals surface area contributed by atoms with Gasteiger partial charge in [-0.3, -0.25) is 4.79 Å². The molecule has 0 aliphatic carbocycles. The second-order valence-electron chi connectivity index (χ2n) is 4.50. The molecular formula is C16H14Cl3NO2. The molecule has 0 bridgehead atoms. The summed E-state index contributed by atoms with van der Waals surface area (Å²) in [5.74, 6) is 0.317. The van der Waals surface area contributed by atoms with Crippen LogP contribution in [0.3, 0.4) is 0 Å². The average Bonchev–Trinajstić information content (AvgIpc) is 2.48. The maximum atomic E-state index is 12.1. The number of benzene rings is 2. The third-order valence-corrected chi connectivity index (χ3v) is 3.83. The van der Waals surface area contributed by atoms with Crippen LogP contribution in [0.2, 0.25) is 15.1 Å². The first-order valence-electron chi connectivity index (χ1n) is 6.65. The Morgan fingerprint density at radius 1 is 1.09 bits per heavy atom. The van der Waals surface area contributed by atoms with Gasteiger partial charge in [0, 0.05) is 22.2 Å². The lowest BCUT2D eigenvalue weighted by Crippen LogP contribution is -2.22. The highest BCUT2D eigenvalue weighted by molar-refractivity contribution is 6.35. The Kier molecular flexibility index (Phi) is 5.95. The van der Waals surface area contributed by atoms with Crippen molar-refractivity contribution in [3.63, 3.8) is 0 Å². The number of hydrogen-bond acceptors (Lipinski definition) is 2. The van der Waals surface area contributed by atoms with Gasteiger partial charge in [-0.05, 0) is 42.8 Å². The van der Waals surface area contributed by atoms with Crippen LogP contribution in [-0.4, -0.2) is 12.5 Å². The Labute approximate surface area is 144 Å². The quantitative estimate of drug-likeness (QED) is 0.819. The summed E-state index contributed by atoms with van der Waals surface area (Å²) < 4.78 is 5.33. The zero-order valence-electron chi connectivity index (χ0n) is 11.8. The van der Waals surface area contributed by atoms with E-state index in [9.17, 15) is 4.79 Å². The van der Waals surface area contributed by atoms with Gasteiger partial charge in [-0.1, -0.05) is 40.9 Å². The second kappa shape index (κ2) is 7.73. The molecule has 6 heteroatoms. The highest BCUT2D eigenvalue weighted by Gasteiger charge is 2.10. The van der Waals surface area contributed by atoms with E-state index in [1.54, 1.807) is 36.4 Å². The van der Waals surface area contributed by atoms with Gasteiger partial charge in [0.2, 0.25) is 0 Å². The molecule has 2 aromatic rings. The topological polar surface area (TPSA) is 38.3 Å². The molecule has 2 rings (SSSR count). The number of hydrogen-bond donors (Lipinski definition) is 1. The van der Waals surface area contributed by atoms with E-state index in [-0.39, 0.29) is 5.91 Å². The Morgan fingerprint density at radius 2 is 1.86 bits per heavy atom. The number of amides is 1. The van der Waals surface area contributed by atoms with Gasteiger partial charge in [0.15, 0.2) is 0 Å². The van der Waals surface area contributed by atoms with Crippen molar-refractivity contribution in [3.8, 4) is 5.75 Å². The molecule has 0 atom stereocenters. The van der Waals surface area contributed by atoms with Gasteiger partial charge in [-0.25, -0.2) is 0 Å². The highest BCUT2D eigenvalue weighted by Crippen LogP contribution is 2.25. The predicted molar refractivity (Wildman–Crippen MR) is 90.3 cm³/mol. The Morgan fingerprint density at radius 3 is 2.50 bits per heavy atom. The van der Waals surface area contributed by atoms with Gasteiger partial charge < -0.3 is 10.1 Å². The van der Waals surface area contributed by atoms with Crippen LogP contribution < -0.4 is 10.1 Å². The zero-order chi connectivity index (χ0) is 16.1. The molecule has 0 aliphatic heterocycles. The van der Waals surface area contributed by atoms with Crippen molar-refractivity contribution >= 4 is 40.7 Å². The lowest BCUT2D eigenvalue weighted by molar-refractivity contribution is 0.0951. The van der Waals surface area contributed by atoms with E-state index < -0.39 is 0 Å². The molecule has 116 valence electrons. The number of carbonyl (C=O) groups is 1. The van der Waals surface area contributed by atoms with Crippen molar-refractivity contribution in [3.05, 3.63) is 62.6 Å². The number of halogens is 3. The van der Waals surface area contributed by atoms with E-state index in [0.29, 0.717) is 39.5 Å². The summed E-state index contributed by atoms with van der Waals surface area (Å²) in [5, 5.41) is 4.26. The monoisotopic (exact) mass is 357 g/mol. The minimum Gasteiger partial charge on any atom is -0.492 e. The average molecular weight is 359 g/mol. The van der Waals surface area contributed by atoms with Crippen LogP contribution in [-0.2, 0) is 6.54 Å². The standard InChI is InChI=1S/C16H14Cl3NO2/c1-2-22-15-6-4-10(7-14(15)19)16(21)20-9-11-3-5-12(17)8-13(11)18/h3-8H,2,9H2,1H3,(H,20,21). The Hall–Kier alpha value is -1.42. The first-order valence-corrected chi connectivity index (χ1v) is 7.79. The summed E-state index contributed by atoms with van der Waals surface area (Å²) >= 11 is 18.0. The minimum atomic E-state index is -0.240. The Bertz CT molecular complexity index is 689. The fourth-order valence-electron chi connectivity index (χ4n) is 1.86. The number of nitrogens with one attached hydrogen (secondary N) is 1. The molecule has 22 heavy (non-hydrogen) atoms. The zero-order valence-corrected chi connectivity index (χ0v) is 14.1.